The topological polar surface area (TPSA) is 54.7 Å². The van der Waals surface area contributed by atoms with E-state index in [-0.39, 0.29) is 0 Å². The summed E-state index contributed by atoms with van der Waals surface area (Å²) in [5.74, 6) is 0. The zero-order chi connectivity index (χ0) is 7.68. The molecule has 3 heteroatoms. The van der Waals surface area contributed by atoms with Crippen LogP contribution in [0.2, 0.25) is 0 Å². The SMILES string of the molecule is NCC1Nc2ccccc2[NH2+]1. The average molecular weight is 150 g/mol. The number of rotatable bonds is 1. The quantitative estimate of drug-likeness (QED) is 0.477. The van der Waals surface area contributed by atoms with Gasteiger partial charge < -0.3 is 11.1 Å². The van der Waals surface area contributed by atoms with E-state index in [1.165, 1.54) is 11.4 Å². The van der Waals surface area contributed by atoms with Crippen molar-refractivity contribution in [2.45, 2.75) is 6.17 Å². The molecule has 1 atom stereocenters. The molecule has 1 aliphatic rings. The normalized spacial score (nSPS) is 21.0. The Morgan fingerprint density at radius 2 is 2.27 bits per heavy atom. The van der Waals surface area contributed by atoms with Crippen LogP contribution in [0.4, 0.5) is 11.4 Å². The molecule has 0 spiro atoms. The smallest absolute Gasteiger partial charge is 0.176 e. The number of hydrogen-bond acceptors (Lipinski definition) is 2. The molecule has 1 aliphatic heterocycles. The fourth-order valence-corrected chi connectivity index (χ4v) is 1.36. The highest BCUT2D eigenvalue weighted by atomic mass is 15.2. The Morgan fingerprint density at radius 1 is 1.45 bits per heavy atom. The van der Waals surface area contributed by atoms with E-state index >= 15 is 0 Å². The third-order valence-electron chi connectivity index (χ3n) is 1.94. The van der Waals surface area contributed by atoms with Crippen LogP contribution in [0.25, 0.3) is 0 Å². The van der Waals surface area contributed by atoms with E-state index < -0.39 is 0 Å². The van der Waals surface area contributed by atoms with Crippen LogP contribution in [0.15, 0.2) is 24.3 Å². The van der Waals surface area contributed by atoms with E-state index in [2.05, 4.69) is 22.8 Å². The van der Waals surface area contributed by atoms with E-state index in [0.717, 1.165) is 0 Å². The molecule has 5 N–H and O–H groups in total. The predicted molar refractivity (Wildman–Crippen MR) is 44.5 cm³/mol. The molecule has 1 aromatic carbocycles. The van der Waals surface area contributed by atoms with Gasteiger partial charge in [-0.25, -0.2) is 0 Å². The number of quaternary nitrogens is 1. The number of hydrogen-bond donors (Lipinski definition) is 3. The van der Waals surface area contributed by atoms with E-state index in [4.69, 9.17) is 5.73 Å². The number of benzene rings is 1. The van der Waals surface area contributed by atoms with Gasteiger partial charge in [-0.15, -0.1) is 0 Å². The molecule has 1 heterocycles. The monoisotopic (exact) mass is 150 g/mol. The molecule has 0 aromatic heterocycles. The van der Waals surface area contributed by atoms with Crippen molar-refractivity contribution in [3.63, 3.8) is 0 Å². The van der Waals surface area contributed by atoms with Gasteiger partial charge in [0.1, 0.15) is 5.69 Å². The second kappa shape index (κ2) is 2.53. The van der Waals surface area contributed by atoms with Crippen LogP contribution >= 0.6 is 0 Å². The third kappa shape index (κ3) is 1.08. The standard InChI is InChI=1S/C8H11N3/c9-5-8-10-6-3-1-2-4-7(6)11-8/h1-4,8,10-11H,5,9H2/p+1. The Morgan fingerprint density at radius 3 is 3.00 bits per heavy atom. The highest BCUT2D eigenvalue weighted by Gasteiger charge is 2.21. The summed E-state index contributed by atoms with van der Waals surface area (Å²) in [6, 6.07) is 8.23. The second-order valence-electron chi connectivity index (χ2n) is 2.74. The summed E-state index contributed by atoms with van der Waals surface area (Å²) in [7, 11) is 0. The van der Waals surface area contributed by atoms with E-state index in [9.17, 15) is 0 Å². The molecule has 0 radical (unpaired) electrons. The molecule has 0 aliphatic carbocycles. The molecule has 0 fully saturated rings. The van der Waals surface area contributed by atoms with Crippen molar-refractivity contribution in [1.82, 2.24) is 0 Å². The van der Waals surface area contributed by atoms with Gasteiger partial charge >= 0.3 is 0 Å². The van der Waals surface area contributed by atoms with Gasteiger partial charge in [-0.2, -0.15) is 0 Å². The van der Waals surface area contributed by atoms with Gasteiger partial charge in [0, 0.05) is 6.07 Å². The van der Waals surface area contributed by atoms with Gasteiger partial charge in [-0.05, 0) is 6.07 Å². The summed E-state index contributed by atoms with van der Waals surface area (Å²) in [5.41, 5.74) is 7.98. The molecule has 1 aromatic rings. The first-order chi connectivity index (χ1) is 5.40. The van der Waals surface area contributed by atoms with Gasteiger partial charge in [0.05, 0.1) is 6.54 Å². The Kier molecular flexibility index (Phi) is 1.52. The summed E-state index contributed by atoms with van der Waals surface area (Å²) in [4.78, 5) is 0. The predicted octanol–water partition coefficient (Wildman–Crippen LogP) is -0.408. The largest absolute Gasteiger partial charge is 0.330 e. The first-order valence-electron chi connectivity index (χ1n) is 3.80. The van der Waals surface area contributed by atoms with Gasteiger partial charge in [-0.1, -0.05) is 12.1 Å². The molecular weight excluding hydrogens is 138 g/mol. The summed E-state index contributed by atoms with van der Waals surface area (Å²) in [6.07, 6.45) is 0.326. The Hall–Kier alpha value is -1.06. The molecule has 11 heavy (non-hydrogen) atoms. The number of anilines is 1. The summed E-state index contributed by atoms with van der Waals surface area (Å²) in [6.45, 7) is 0.661. The molecule has 0 bridgehead atoms. The van der Waals surface area contributed by atoms with Crippen molar-refractivity contribution in [3.05, 3.63) is 24.3 Å². The van der Waals surface area contributed by atoms with Crippen molar-refractivity contribution >= 4 is 11.4 Å². The molecular formula is C8H12N3+. The number of para-hydroxylation sites is 2. The first-order valence-corrected chi connectivity index (χ1v) is 3.80. The average Bonchev–Trinajstić information content (AvgIpc) is 2.46. The summed E-state index contributed by atoms with van der Waals surface area (Å²) in [5, 5.41) is 5.47. The fourth-order valence-electron chi connectivity index (χ4n) is 1.36. The zero-order valence-corrected chi connectivity index (χ0v) is 6.25. The minimum Gasteiger partial charge on any atom is -0.330 e. The highest BCUT2D eigenvalue weighted by Crippen LogP contribution is 2.19. The maximum atomic E-state index is 5.52. The van der Waals surface area contributed by atoms with Crippen LogP contribution in [-0.4, -0.2) is 12.7 Å². The molecule has 3 nitrogen and oxygen atoms in total. The van der Waals surface area contributed by atoms with Gasteiger partial charge in [0.25, 0.3) is 0 Å². The van der Waals surface area contributed by atoms with Crippen LogP contribution in [-0.2, 0) is 0 Å². The van der Waals surface area contributed by atoms with E-state index in [1.807, 2.05) is 12.1 Å². The lowest BCUT2D eigenvalue weighted by Crippen LogP contribution is -2.85. The number of nitrogens with two attached hydrogens (primary N) is 2. The van der Waals surface area contributed by atoms with Crippen molar-refractivity contribution in [1.29, 1.82) is 0 Å². The maximum Gasteiger partial charge on any atom is 0.176 e. The Balaban J connectivity index is 2.27. The summed E-state index contributed by atoms with van der Waals surface area (Å²) < 4.78 is 0. The molecule has 0 saturated carbocycles. The van der Waals surface area contributed by atoms with Crippen LogP contribution in [0.3, 0.4) is 0 Å². The molecule has 2 rings (SSSR count). The van der Waals surface area contributed by atoms with Gasteiger partial charge in [0.15, 0.2) is 11.9 Å². The minimum absolute atomic E-state index is 0.326. The van der Waals surface area contributed by atoms with Gasteiger partial charge in [0.2, 0.25) is 0 Å². The van der Waals surface area contributed by atoms with Crippen molar-refractivity contribution in [2.24, 2.45) is 5.73 Å². The van der Waals surface area contributed by atoms with Crippen LogP contribution in [0.5, 0.6) is 0 Å². The molecule has 1 unspecified atom stereocenters. The Bertz CT molecular complexity index is 234. The zero-order valence-electron chi connectivity index (χ0n) is 6.25. The van der Waals surface area contributed by atoms with Crippen LogP contribution in [0, 0.1) is 0 Å². The van der Waals surface area contributed by atoms with Crippen molar-refractivity contribution in [2.75, 3.05) is 11.9 Å². The van der Waals surface area contributed by atoms with Crippen molar-refractivity contribution in [3.8, 4) is 0 Å². The molecule has 0 amide bonds. The maximum absolute atomic E-state index is 5.52. The van der Waals surface area contributed by atoms with Crippen molar-refractivity contribution < 1.29 is 5.32 Å². The minimum atomic E-state index is 0.326. The first kappa shape index (κ1) is 6.64. The number of fused-ring (bicyclic) bond motifs is 1. The third-order valence-corrected chi connectivity index (χ3v) is 1.94. The lowest BCUT2D eigenvalue weighted by Gasteiger charge is -2.01. The lowest BCUT2D eigenvalue weighted by molar-refractivity contribution is -0.593. The summed E-state index contributed by atoms with van der Waals surface area (Å²) >= 11 is 0. The second-order valence-corrected chi connectivity index (χ2v) is 2.74. The lowest BCUT2D eigenvalue weighted by atomic mass is 10.3. The van der Waals surface area contributed by atoms with Gasteiger partial charge in [-0.3, -0.25) is 5.32 Å². The van der Waals surface area contributed by atoms with Crippen LogP contribution in [0.1, 0.15) is 0 Å². The molecule has 58 valence electrons. The highest BCUT2D eigenvalue weighted by molar-refractivity contribution is 5.63. The Labute approximate surface area is 65.6 Å². The van der Waals surface area contributed by atoms with Crippen LogP contribution < -0.4 is 16.4 Å². The van der Waals surface area contributed by atoms with E-state index in [0.29, 0.717) is 12.7 Å². The fraction of sp³-hybridized carbons (Fsp3) is 0.250. The molecule has 0 saturated heterocycles. The number of nitrogens with one attached hydrogen (secondary N) is 1. The van der Waals surface area contributed by atoms with E-state index in [1.54, 1.807) is 0 Å².